The van der Waals surface area contributed by atoms with Crippen LogP contribution in [0, 0.1) is 5.82 Å². The minimum Gasteiger partial charge on any atom is -0.308 e. The number of halogens is 3. The Hall–Kier alpha value is -1.25. The van der Waals surface area contributed by atoms with Crippen LogP contribution in [0.3, 0.4) is 0 Å². The number of rotatable bonds is 6. The summed E-state index contributed by atoms with van der Waals surface area (Å²) in [6.07, 6.45) is 0.273. The van der Waals surface area contributed by atoms with E-state index in [1.54, 1.807) is 17.0 Å². The van der Waals surface area contributed by atoms with E-state index in [4.69, 9.17) is 11.6 Å². The fourth-order valence-corrected chi connectivity index (χ4v) is 4.43. The molecule has 0 aliphatic rings. The number of aromatic nitrogens is 1. The third kappa shape index (κ3) is 5.14. The Kier molecular flexibility index (Phi) is 7.37. The van der Waals surface area contributed by atoms with Gasteiger partial charge in [-0.3, -0.25) is 9.69 Å². The molecular weight excluding hydrogens is 416 g/mol. The highest BCUT2D eigenvalue weighted by Gasteiger charge is 2.21. The molecule has 0 N–H and O–H groups in total. The zero-order valence-corrected chi connectivity index (χ0v) is 17.4. The van der Waals surface area contributed by atoms with Gasteiger partial charge in [-0.05, 0) is 44.4 Å². The average molecular weight is 434 g/mol. The third-order valence-corrected chi connectivity index (χ3v) is 5.87. The number of nitrogens with zero attached hydrogens (tertiary/aromatic N) is 3. The number of carbonyl (C=O) groups excluding carboxylic acids is 1. The number of likely N-dealkylation sites (N-methyl/N-ethyl adjacent to an activating group) is 1. The first kappa shape index (κ1) is 21.1. The number of anilines is 1. The van der Waals surface area contributed by atoms with E-state index in [2.05, 4.69) is 4.98 Å². The molecule has 0 saturated carbocycles. The van der Waals surface area contributed by atoms with E-state index in [9.17, 15) is 9.18 Å². The van der Waals surface area contributed by atoms with Crippen LogP contribution >= 0.6 is 46.7 Å². The normalized spacial score (nSPS) is 11.0. The molecule has 140 valence electrons. The quantitative estimate of drug-likeness (QED) is 0.564. The van der Waals surface area contributed by atoms with Gasteiger partial charge in [0.15, 0.2) is 5.13 Å². The van der Waals surface area contributed by atoms with Gasteiger partial charge in [-0.15, -0.1) is 23.7 Å². The molecule has 0 spiro atoms. The summed E-state index contributed by atoms with van der Waals surface area (Å²) in [4.78, 5) is 22.0. The Bertz CT molecular complexity index is 897. The SMILES string of the molecule is CN(C)CCN(C(=O)Cc1ccc(Cl)s1)c1nc2ccc(F)cc2s1.Cl. The van der Waals surface area contributed by atoms with E-state index in [-0.39, 0.29) is 30.6 Å². The van der Waals surface area contributed by atoms with Crippen LogP contribution < -0.4 is 4.90 Å². The van der Waals surface area contributed by atoms with E-state index in [0.29, 0.717) is 28.1 Å². The van der Waals surface area contributed by atoms with Crippen molar-refractivity contribution in [2.75, 3.05) is 32.1 Å². The highest BCUT2D eigenvalue weighted by atomic mass is 35.5. The van der Waals surface area contributed by atoms with Crippen LogP contribution in [0.4, 0.5) is 9.52 Å². The molecule has 3 rings (SSSR count). The first-order valence-corrected chi connectivity index (χ1v) is 9.69. The molecule has 0 saturated heterocycles. The van der Waals surface area contributed by atoms with Crippen molar-refractivity contribution in [3.63, 3.8) is 0 Å². The first-order chi connectivity index (χ1) is 11.9. The summed E-state index contributed by atoms with van der Waals surface area (Å²) in [6, 6.07) is 8.12. The van der Waals surface area contributed by atoms with Crippen molar-refractivity contribution in [3.8, 4) is 0 Å². The summed E-state index contributed by atoms with van der Waals surface area (Å²) in [6.45, 7) is 1.23. The molecule has 1 aromatic carbocycles. The molecule has 0 radical (unpaired) electrons. The number of carbonyl (C=O) groups is 1. The Morgan fingerprint density at radius 1 is 1.19 bits per heavy atom. The molecule has 9 heteroatoms. The minimum atomic E-state index is -0.304. The minimum absolute atomic E-state index is 0. The Labute approximate surface area is 170 Å². The summed E-state index contributed by atoms with van der Waals surface area (Å²) in [5, 5.41) is 0.593. The molecule has 2 aromatic heterocycles. The van der Waals surface area contributed by atoms with Crippen molar-refractivity contribution in [2.24, 2.45) is 0 Å². The molecule has 0 fully saturated rings. The van der Waals surface area contributed by atoms with Gasteiger partial charge in [0.1, 0.15) is 5.82 Å². The monoisotopic (exact) mass is 433 g/mol. The van der Waals surface area contributed by atoms with Crippen LogP contribution in [0.25, 0.3) is 10.2 Å². The van der Waals surface area contributed by atoms with Gasteiger partial charge in [0.2, 0.25) is 5.91 Å². The van der Waals surface area contributed by atoms with Crippen LogP contribution in [-0.2, 0) is 11.2 Å². The van der Waals surface area contributed by atoms with E-state index < -0.39 is 0 Å². The lowest BCUT2D eigenvalue weighted by atomic mass is 10.3. The number of hydrogen-bond donors (Lipinski definition) is 0. The van der Waals surface area contributed by atoms with Gasteiger partial charge in [-0.25, -0.2) is 9.37 Å². The summed E-state index contributed by atoms with van der Waals surface area (Å²) >= 11 is 8.68. The maximum absolute atomic E-state index is 13.4. The zero-order valence-electron chi connectivity index (χ0n) is 14.2. The maximum Gasteiger partial charge on any atom is 0.234 e. The summed E-state index contributed by atoms with van der Waals surface area (Å²) < 4.78 is 14.8. The predicted octanol–water partition coefficient (Wildman–Crippen LogP) is 4.71. The summed E-state index contributed by atoms with van der Waals surface area (Å²) in [5.41, 5.74) is 0.697. The Morgan fingerprint density at radius 2 is 1.96 bits per heavy atom. The summed E-state index contributed by atoms with van der Waals surface area (Å²) in [7, 11) is 3.91. The van der Waals surface area contributed by atoms with Crippen molar-refractivity contribution in [3.05, 3.63) is 45.4 Å². The van der Waals surface area contributed by atoms with Crippen LogP contribution in [-0.4, -0.2) is 43.0 Å². The zero-order chi connectivity index (χ0) is 18.0. The number of thiophene rings is 1. The Balaban J connectivity index is 0.00000243. The van der Waals surface area contributed by atoms with Crippen molar-refractivity contribution < 1.29 is 9.18 Å². The molecule has 2 heterocycles. The highest BCUT2D eigenvalue weighted by molar-refractivity contribution is 7.22. The lowest BCUT2D eigenvalue weighted by Crippen LogP contribution is -2.37. The second-order valence-electron chi connectivity index (χ2n) is 5.84. The highest BCUT2D eigenvalue weighted by Crippen LogP contribution is 2.30. The Morgan fingerprint density at radius 3 is 2.62 bits per heavy atom. The van der Waals surface area contributed by atoms with Gasteiger partial charge in [0.25, 0.3) is 0 Å². The van der Waals surface area contributed by atoms with Gasteiger partial charge < -0.3 is 4.90 Å². The largest absolute Gasteiger partial charge is 0.308 e. The number of benzene rings is 1. The predicted molar refractivity (Wildman–Crippen MR) is 111 cm³/mol. The lowest BCUT2D eigenvalue weighted by Gasteiger charge is -2.21. The molecule has 0 aliphatic carbocycles. The van der Waals surface area contributed by atoms with Gasteiger partial charge in [-0.2, -0.15) is 0 Å². The topological polar surface area (TPSA) is 36.4 Å². The van der Waals surface area contributed by atoms with Crippen molar-refractivity contribution >= 4 is 67.9 Å². The molecule has 0 bridgehead atoms. The van der Waals surface area contributed by atoms with Gasteiger partial charge in [-0.1, -0.05) is 22.9 Å². The molecule has 1 amide bonds. The number of thiazole rings is 1. The third-order valence-electron chi connectivity index (χ3n) is 3.60. The fourth-order valence-electron chi connectivity index (χ4n) is 2.32. The van der Waals surface area contributed by atoms with Crippen molar-refractivity contribution in [2.45, 2.75) is 6.42 Å². The second kappa shape index (κ2) is 9.10. The van der Waals surface area contributed by atoms with E-state index in [1.807, 2.05) is 25.1 Å². The maximum atomic E-state index is 13.4. The molecule has 3 aromatic rings. The van der Waals surface area contributed by atoms with Crippen LogP contribution in [0.2, 0.25) is 4.34 Å². The van der Waals surface area contributed by atoms with Gasteiger partial charge >= 0.3 is 0 Å². The van der Waals surface area contributed by atoms with Crippen molar-refractivity contribution in [1.29, 1.82) is 0 Å². The van der Waals surface area contributed by atoms with E-state index in [0.717, 1.165) is 9.58 Å². The van der Waals surface area contributed by atoms with Gasteiger partial charge in [0, 0.05) is 18.0 Å². The van der Waals surface area contributed by atoms with Crippen LogP contribution in [0.1, 0.15) is 4.88 Å². The molecule has 0 aliphatic heterocycles. The van der Waals surface area contributed by atoms with Gasteiger partial charge in [0.05, 0.1) is 21.0 Å². The van der Waals surface area contributed by atoms with Crippen LogP contribution in [0.5, 0.6) is 0 Å². The summed E-state index contributed by atoms with van der Waals surface area (Å²) in [5.74, 6) is -0.345. The van der Waals surface area contributed by atoms with Crippen LogP contribution in [0.15, 0.2) is 30.3 Å². The van der Waals surface area contributed by atoms with E-state index >= 15 is 0 Å². The standard InChI is InChI=1S/C17H17ClFN3OS2.ClH/c1-21(2)7-8-22(16(23)10-12-4-6-15(18)24-12)17-20-13-5-3-11(19)9-14(13)25-17;/h3-6,9H,7-8,10H2,1-2H3;1H. The smallest absolute Gasteiger partial charge is 0.234 e. The number of amides is 1. The molecule has 4 nitrogen and oxygen atoms in total. The number of fused-ring (bicyclic) bond motifs is 1. The average Bonchev–Trinajstić information content (AvgIpc) is 3.12. The van der Waals surface area contributed by atoms with E-state index in [1.165, 1.54) is 34.8 Å². The molecule has 0 unspecified atom stereocenters. The first-order valence-electron chi connectivity index (χ1n) is 7.68. The fraction of sp³-hybridized carbons (Fsp3) is 0.294. The second-order valence-corrected chi connectivity index (χ2v) is 8.65. The molecule has 0 atom stereocenters. The van der Waals surface area contributed by atoms with Crippen molar-refractivity contribution in [1.82, 2.24) is 9.88 Å². The lowest BCUT2D eigenvalue weighted by molar-refractivity contribution is -0.118. The molecule has 26 heavy (non-hydrogen) atoms. The number of hydrogen-bond acceptors (Lipinski definition) is 5. The molecular formula is C17H18Cl2FN3OS2.